The van der Waals surface area contributed by atoms with Crippen LogP contribution in [0, 0.1) is 17.7 Å². The van der Waals surface area contributed by atoms with Crippen molar-refractivity contribution in [3.8, 4) is 0 Å². The minimum atomic E-state index is -0.543. The first-order chi connectivity index (χ1) is 8.59. The third-order valence-corrected chi connectivity index (χ3v) is 3.83. The van der Waals surface area contributed by atoms with Gasteiger partial charge in [0.05, 0.1) is 23.2 Å². The summed E-state index contributed by atoms with van der Waals surface area (Å²) in [4.78, 5) is 25.5. The fourth-order valence-corrected chi connectivity index (χ4v) is 2.92. The molecular formula is C13H13FN2O2. The topological polar surface area (TPSA) is 63.4 Å². The van der Waals surface area contributed by atoms with Gasteiger partial charge in [-0.3, -0.25) is 9.59 Å². The molecule has 2 aliphatic rings. The number of benzene rings is 1. The summed E-state index contributed by atoms with van der Waals surface area (Å²) in [5.74, 6) is -1.27. The Bertz CT molecular complexity index is 522. The lowest BCUT2D eigenvalue weighted by Crippen LogP contribution is -2.31. The number of halogens is 1. The standard InChI is InChI=1S/C13H13FN2O2/c14-10-5-4-7(6-11(10)15)16-12(17)8-2-1-3-9(8)13(16)18/h4-6,8-9H,1-3,15H2. The van der Waals surface area contributed by atoms with Gasteiger partial charge in [0.25, 0.3) is 0 Å². The second kappa shape index (κ2) is 3.80. The number of nitrogens with zero attached hydrogens (tertiary/aromatic N) is 1. The molecule has 1 aliphatic carbocycles. The van der Waals surface area contributed by atoms with Crippen LogP contribution in [0.15, 0.2) is 18.2 Å². The SMILES string of the molecule is Nc1cc(N2C(=O)C3CCCC3C2=O)ccc1F. The molecular weight excluding hydrogens is 235 g/mol. The van der Waals surface area contributed by atoms with Gasteiger partial charge in [0.2, 0.25) is 11.8 Å². The second-order valence-electron chi connectivity index (χ2n) is 4.86. The number of anilines is 2. The molecule has 1 saturated carbocycles. The van der Waals surface area contributed by atoms with Crippen molar-refractivity contribution >= 4 is 23.2 Å². The summed E-state index contributed by atoms with van der Waals surface area (Å²) in [5, 5.41) is 0. The summed E-state index contributed by atoms with van der Waals surface area (Å²) < 4.78 is 13.1. The number of nitrogens with two attached hydrogens (primary N) is 1. The summed E-state index contributed by atoms with van der Waals surface area (Å²) in [6.45, 7) is 0. The van der Waals surface area contributed by atoms with E-state index in [0.29, 0.717) is 5.69 Å². The van der Waals surface area contributed by atoms with Crippen molar-refractivity contribution in [2.75, 3.05) is 10.6 Å². The van der Waals surface area contributed by atoms with Crippen LogP contribution in [0.1, 0.15) is 19.3 Å². The molecule has 2 N–H and O–H groups in total. The van der Waals surface area contributed by atoms with Crippen LogP contribution >= 0.6 is 0 Å². The molecule has 1 aromatic carbocycles. The Balaban J connectivity index is 1.99. The largest absolute Gasteiger partial charge is 0.396 e. The van der Waals surface area contributed by atoms with E-state index in [4.69, 9.17) is 5.73 Å². The molecule has 1 saturated heterocycles. The van der Waals surface area contributed by atoms with Crippen molar-refractivity contribution in [2.24, 2.45) is 11.8 Å². The lowest BCUT2D eigenvalue weighted by Gasteiger charge is -2.16. The van der Waals surface area contributed by atoms with Gasteiger partial charge in [0.1, 0.15) is 5.82 Å². The maximum Gasteiger partial charge on any atom is 0.237 e. The number of imide groups is 1. The van der Waals surface area contributed by atoms with Crippen LogP contribution in [0.5, 0.6) is 0 Å². The van der Waals surface area contributed by atoms with E-state index in [1.165, 1.54) is 18.2 Å². The molecule has 5 heteroatoms. The Kier molecular flexibility index (Phi) is 2.36. The van der Waals surface area contributed by atoms with Crippen molar-refractivity contribution in [1.29, 1.82) is 0 Å². The summed E-state index contributed by atoms with van der Waals surface area (Å²) in [6.07, 6.45) is 2.46. The Hall–Kier alpha value is -1.91. The van der Waals surface area contributed by atoms with E-state index in [9.17, 15) is 14.0 Å². The molecule has 1 heterocycles. The number of rotatable bonds is 1. The molecule has 0 radical (unpaired) electrons. The van der Waals surface area contributed by atoms with Gasteiger partial charge in [-0.15, -0.1) is 0 Å². The molecule has 2 atom stereocenters. The molecule has 94 valence electrons. The average molecular weight is 248 g/mol. The quantitative estimate of drug-likeness (QED) is 0.607. The third kappa shape index (κ3) is 1.43. The van der Waals surface area contributed by atoms with E-state index >= 15 is 0 Å². The molecule has 18 heavy (non-hydrogen) atoms. The van der Waals surface area contributed by atoms with Gasteiger partial charge in [-0.25, -0.2) is 9.29 Å². The zero-order chi connectivity index (χ0) is 12.9. The van der Waals surface area contributed by atoms with Gasteiger partial charge in [-0.05, 0) is 31.0 Å². The Morgan fingerprint density at radius 2 is 1.78 bits per heavy atom. The number of nitrogen functional groups attached to an aromatic ring is 1. The van der Waals surface area contributed by atoms with Gasteiger partial charge >= 0.3 is 0 Å². The molecule has 4 nitrogen and oxygen atoms in total. The number of carbonyl (C=O) groups is 2. The van der Waals surface area contributed by atoms with Crippen molar-refractivity contribution in [1.82, 2.24) is 0 Å². The maximum absolute atomic E-state index is 13.1. The highest BCUT2D eigenvalue weighted by Gasteiger charge is 2.50. The Morgan fingerprint density at radius 1 is 1.17 bits per heavy atom. The van der Waals surface area contributed by atoms with E-state index in [2.05, 4.69) is 0 Å². The molecule has 1 aromatic rings. The highest BCUT2D eigenvalue weighted by molar-refractivity contribution is 6.22. The summed E-state index contributed by atoms with van der Waals surface area (Å²) in [7, 11) is 0. The smallest absolute Gasteiger partial charge is 0.237 e. The lowest BCUT2D eigenvalue weighted by molar-refractivity contribution is -0.122. The molecule has 0 spiro atoms. The van der Waals surface area contributed by atoms with Crippen molar-refractivity contribution < 1.29 is 14.0 Å². The predicted molar refractivity (Wildman–Crippen MR) is 64.1 cm³/mol. The molecule has 1 aliphatic heterocycles. The fraction of sp³-hybridized carbons (Fsp3) is 0.385. The zero-order valence-electron chi connectivity index (χ0n) is 9.73. The van der Waals surface area contributed by atoms with Crippen LogP contribution in [0.25, 0.3) is 0 Å². The molecule has 0 bridgehead atoms. The highest BCUT2D eigenvalue weighted by atomic mass is 19.1. The van der Waals surface area contributed by atoms with Crippen LogP contribution in [-0.4, -0.2) is 11.8 Å². The fourth-order valence-electron chi connectivity index (χ4n) is 2.92. The van der Waals surface area contributed by atoms with E-state index < -0.39 is 5.82 Å². The van der Waals surface area contributed by atoms with Crippen LogP contribution in [0.2, 0.25) is 0 Å². The Morgan fingerprint density at radius 3 is 2.33 bits per heavy atom. The molecule has 2 unspecified atom stereocenters. The molecule has 2 amide bonds. The van der Waals surface area contributed by atoms with E-state index in [1.54, 1.807) is 0 Å². The lowest BCUT2D eigenvalue weighted by atomic mass is 10.00. The minimum Gasteiger partial charge on any atom is -0.396 e. The maximum atomic E-state index is 13.1. The number of hydrogen-bond acceptors (Lipinski definition) is 3. The summed E-state index contributed by atoms with van der Waals surface area (Å²) >= 11 is 0. The predicted octanol–water partition coefficient (Wildman–Crippen LogP) is 1.70. The molecule has 2 fully saturated rings. The molecule has 0 aromatic heterocycles. The monoisotopic (exact) mass is 248 g/mol. The van der Waals surface area contributed by atoms with Crippen LogP contribution in [-0.2, 0) is 9.59 Å². The minimum absolute atomic E-state index is 0.0508. The van der Waals surface area contributed by atoms with Gasteiger partial charge in [-0.2, -0.15) is 0 Å². The van der Waals surface area contributed by atoms with E-state index in [-0.39, 0.29) is 29.3 Å². The van der Waals surface area contributed by atoms with Crippen LogP contribution < -0.4 is 10.6 Å². The zero-order valence-corrected chi connectivity index (χ0v) is 9.73. The van der Waals surface area contributed by atoms with E-state index in [0.717, 1.165) is 24.2 Å². The first-order valence-corrected chi connectivity index (χ1v) is 6.02. The average Bonchev–Trinajstić information content (AvgIpc) is 2.89. The summed E-state index contributed by atoms with van der Waals surface area (Å²) in [5.41, 5.74) is 5.79. The highest BCUT2D eigenvalue weighted by Crippen LogP contribution is 2.41. The Labute approximate surface area is 104 Å². The second-order valence-corrected chi connectivity index (χ2v) is 4.86. The normalized spacial score (nSPS) is 26.8. The first kappa shape index (κ1) is 11.2. The van der Waals surface area contributed by atoms with Gasteiger partial charge < -0.3 is 5.73 Å². The van der Waals surface area contributed by atoms with Gasteiger partial charge in [0, 0.05) is 0 Å². The van der Waals surface area contributed by atoms with E-state index in [1.807, 2.05) is 0 Å². The summed E-state index contributed by atoms with van der Waals surface area (Å²) in [6, 6.07) is 3.94. The number of carbonyl (C=O) groups excluding carboxylic acids is 2. The van der Waals surface area contributed by atoms with Gasteiger partial charge in [-0.1, -0.05) is 6.42 Å². The number of amides is 2. The number of fused-ring (bicyclic) bond motifs is 1. The first-order valence-electron chi connectivity index (χ1n) is 6.02. The number of hydrogen-bond donors (Lipinski definition) is 1. The van der Waals surface area contributed by atoms with Crippen molar-refractivity contribution in [2.45, 2.75) is 19.3 Å². The van der Waals surface area contributed by atoms with Crippen LogP contribution in [0.4, 0.5) is 15.8 Å². The van der Waals surface area contributed by atoms with Crippen LogP contribution in [0.3, 0.4) is 0 Å². The third-order valence-electron chi connectivity index (χ3n) is 3.83. The van der Waals surface area contributed by atoms with Crippen molar-refractivity contribution in [3.63, 3.8) is 0 Å². The molecule has 3 rings (SSSR count). The van der Waals surface area contributed by atoms with Gasteiger partial charge in [0.15, 0.2) is 0 Å². The van der Waals surface area contributed by atoms with Crippen molar-refractivity contribution in [3.05, 3.63) is 24.0 Å².